The largest absolute Gasteiger partial charge is 0.471 e. The van der Waals surface area contributed by atoms with E-state index in [0.29, 0.717) is 41.6 Å². The summed E-state index contributed by atoms with van der Waals surface area (Å²) in [6, 6.07) is 12.1. The van der Waals surface area contributed by atoms with Gasteiger partial charge in [-0.05, 0) is 48.8 Å². The Hall–Kier alpha value is -5.19. The van der Waals surface area contributed by atoms with Crippen molar-refractivity contribution in [3.63, 3.8) is 0 Å². The molecule has 1 aromatic heterocycles. The molecule has 0 spiro atoms. The number of nitrogens with one attached hydrogen (secondary N) is 3. The fourth-order valence-corrected chi connectivity index (χ4v) is 8.37. The Balaban J connectivity index is 1.27. The van der Waals surface area contributed by atoms with E-state index in [2.05, 4.69) is 10.6 Å². The van der Waals surface area contributed by atoms with E-state index >= 15 is 0 Å². The van der Waals surface area contributed by atoms with Gasteiger partial charge in [0, 0.05) is 12.0 Å². The van der Waals surface area contributed by atoms with Crippen LogP contribution in [-0.4, -0.2) is 95.7 Å². The average molecular weight is 781 g/mol. The second kappa shape index (κ2) is 14.5. The molecule has 17 heteroatoms. The molecule has 2 aromatic carbocycles. The third kappa shape index (κ3) is 7.97. The van der Waals surface area contributed by atoms with E-state index in [9.17, 15) is 36.4 Å². The second-order valence-corrected chi connectivity index (χ2v) is 17.5. The number of benzene rings is 2. The van der Waals surface area contributed by atoms with Crippen molar-refractivity contribution in [3.8, 4) is 17.1 Å². The molecule has 3 heterocycles. The van der Waals surface area contributed by atoms with Crippen LogP contribution in [0.5, 0.6) is 5.88 Å². The zero-order valence-electron chi connectivity index (χ0n) is 30.5. The molecule has 3 N–H and O–H groups in total. The van der Waals surface area contributed by atoms with Gasteiger partial charge < -0.3 is 25.0 Å². The minimum absolute atomic E-state index is 0.00192. The first kappa shape index (κ1) is 38.1. The predicted octanol–water partition coefficient (Wildman–Crippen LogP) is 3.95. The van der Waals surface area contributed by atoms with Gasteiger partial charge in [-0.2, -0.15) is 0 Å². The van der Waals surface area contributed by atoms with Crippen LogP contribution in [0.2, 0.25) is 0 Å². The van der Waals surface area contributed by atoms with Gasteiger partial charge in [0.15, 0.2) is 0 Å². The number of nitrogens with zero attached hydrogens (tertiary/aromatic N) is 3. The highest BCUT2D eigenvalue weighted by Gasteiger charge is 2.67. The standard InChI is InChI=1S/C38H42F2N6O8S/c1-37(2,3)30-34(48)46-20-23(18-28(46)32(47)44-38(19-25(38)31(39)40)35(49)45-55(51,52)24-13-14-24)54-33-29(22-10-5-4-6-11-22)41-26-15-12-21(17-27(26)42-33)9-7-8-16-53-36(50)43-30/h4-7,9-12,15,17,23-25,28,30-31H,8,13-14,16,18-20H2,1-3H3,(H,43,50)(H,44,47)(H,45,49)/b9-7+/t23-,25+,28+,30-,38+/m1/s1. The van der Waals surface area contributed by atoms with Gasteiger partial charge in [0.2, 0.25) is 34.1 Å². The van der Waals surface area contributed by atoms with Crippen molar-refractivity contribution < 1.29 is 45.9 Å². The van der Waals surface area contributed by atoms with Gasteiger partial charge in [-0.3, -0.25) is 19.1 Å². The molecule has 2 saturated carbocycles. The number of ether oxygens (including phenoxy) is 2. The summed E-state index contributed by atoms with van der Waals surface area (Å²) in [5.74, 6) is -4.46. The molecular weight excluding hydrogens is 739 g/mol. The molecule has 7 rings (SSSR count). The van der Waals surface area contributed by atoms with Crippen LogP contribution < -0.4 is 20.1 Å². The number of hydrogen-bond acceptors (Lipinski definition) is 10. The number of amides is 4. The van der Waals surface area contributed by atoms with Gasteiger partial charge in [0.05, 0.1) is 35.4 Å². The van der Waals surface area contributed by atoms with Gasteiger partial charge in [-0.15, -0.1) is 0 Å². The highest BCUT2D eigenvalue weighted by atomic mass is 32.2. The maximum absolute atomic E-state index is 14.5. The molecule has 3 aromatic rings. The van der Waals surface area contributed by atoms with Crippen molar-refractivity contribution in [2.75, 3.05) is 13.2 Å². The molecule has 292 valence electrons. The van der Waals surface area contributed by atoms with Crippen molar-refractivity contribution in [1.82, 2.24) is 30.2 Å². The molecule has 5 bridgehead atoms. The zero-order valence-corrected chi connectivity index (χ0v) is 31.3. The van der Waals surface area contributed by atoms with Crippen molar-refractivity contribution >= 4 is 50.9 Å². The molecule has 4 aliphatic rings. The molecule has 14 nitrogen and oxygen atoms in total. The first-order valence-electron chi connectivity index (χ1n) is 18.2. The monoisotopic (exact) mass is 780 g/mol. The number of aromatic nitrogens is 2. The number of alkyl halides is 2. The van der Waals surface area contributed by atoms with Crippen LogP contribution in [0.15, 0.2) is 54.6 Å². The number of fused-ring (bicyclic) bond motifs is 4. The smallest absolute Gasteiger partial charge is 0.407 e. The first-order chi connectivity index (χ1) is 26.1. The lowest BCUT2D eigenvalue weighted by Crippen LogP contribution is -2.60. The van der Waals surface area contributed by atoms with Crippen LogP contribution in [-0.2, 0) is 29.1 Å². The maximum Gasteiger partial charge on any atom is 0.407 e. The van der Waals surface area contributed by atoms with Crippen molar-refractivity contribution in [3.05, 3.63) is 60.2 Å². The third-order valence-corrected chi connectivity index (χ3v) is 12.1. The second-order valence-electron chi connectivity index (χ2n) is 15.5. The Labute approximate surface area is 316 Å². The van der Waals surface area contributed by atoms with Gasteiger partial charge in [0.1, 0.15) is 29.4 Å². The lowest BCUT2D eigenvalue weighted by atomic mass is 9.85. The van der Waals surface area contributed by atoms with E-state index in [-0.39, 0.29) is 25.5 Å². The fourth-order valence-electron chi connectivity index (χ4n) is 7.01. The summed E-state index contributed by atoms with van der Waals surface area (Å²) in [7, 11) is -4.14. The summed E-state index contributed by atoms with van der Waals surface area (Å²) >= 11 is 0. The van der Waals surface area contributed by atoms with Gasteiger partial charge in [-0.25, -0.2) is 32.0 Å². The van der Waals surface area contributed by atoms with E-state index in [1.807, 2.05) is 65.4 Å². The van der Waals surface area contributed by atoms with E-state index in [1.165, 1.54) is 4.90 Å². The Kier molecular flexibility index (Phi) is 10.0. The summed E-state index contributed by atoms with van der Waals surface area (Å²) in [4.78, 5) is 66.1. The Morgan fingerprint density at radius 1 is 1.05 bits per heavy atom. The van der Waals surface area contributed by atoms with Crippen molar-refractivity contribution in [2.45, 2.75) is 88.3 Å². The van der Waals surface area contributed by atoms with Gasteiger partial charge in [-0.1, -0.05) is 69.3 Å². The molecule has 55 heavy (non-hydrogen) atoms. The van der Waals surface area contributed by atoms with Crippen molar-refractivity contribution in [1.29, 1.82) is 0 Å². The quantitative estimate of drug-likeness (QED) is 0.317. The van der Waals surface area contributed by atoms with E-state index in [4.69, 9.17) is 19.4 Å². The van der Waals surface area contributed by atoms with Crippen LogP contribution >= 0.6 is 0 Å². The van der Waals surface area contributed by atoms with Crippen LogP contribution in [0.3, 0.4) is 0 Å². The Morgan fingerprint density at radius 3 is 2.47 bits per heavy atom. The summed E-state index contributed by atoms with van der Waals surface area (Å²) in [5, 5.41) is 4.24. The number of alkyl carbamates (subject to hydrolysis) is 1. The highest BCUT2D eigenvalue weighted by Crippen LogP contribution is 2.48. The Morgan fingerprint density at radius 2 is 1.80 bits per heavy atom. The van der Waals surface area contributed by atoms with Crippen molar-refractivity contribution in [2.24, 2.45) is 11.3 Å². The molecule has 1 saturated heterocycles. The lowest BCUT2D eigenvalue weighted by molar-refractivity contribution is -0.143. The molecule has 2 aliphatic heterocycles. The normalized spacial score (nSPS) is 26.5. The van der Waals surface area contributed by atoms with Crippen LogP contribution in [0.1, 0.15) is 58.4 Å². The molecular formula is C38H42F2N6O8S. The molecule has 0 unspecified atom stereocenters. The topological polar surface area (TPSA) is 186 Å². The number of carbonyl (C=O) groups is 4. The van der Waals surface area contributed by atoms with E-state index < -0.39 is 87.0 Å². The molecule has 4 amide bonds. The molecule has 5 atom stereocenters. The number of rotatable bonds is 7. The van der Waals surface area contributed by atoms with E-state index in [1.54, 1.807) is 20.8 Å². The summed E-state index contributed by atoms with van der Waals surface area (Å²) in [6.45, 7) is 4.94. The summed E-state index contributed by atoms with van der Waals surface area (Å²) < 4.78 is 67.4. The number of carbonyl (C=O) groups excluding carboxylic acids is 4. The predicted molar refractivity (Wildman–Crippen MR) is 196 cm³/mol. The number of sulfonamides is 1. The average Bonchev–Trinajstić information content (AvgIpc) is 4.06. The highest BCUT2D eigenvalue weighted by molar-refractivity contribution is 7.91. The minimum atomic E-state index is -4.14. The van der Waals surface area contributed by atoms with Crippen LogP contribution in [0, 0.1) is 11.3 Å². The Bertz CT molecular complexity index is 2160. The zero-order chi connectivity index (χ0) is 39.3. The van der Waals surface area contributed by atoms with Gasteiger partial charge in [0.25, 0.3) is 5.91 Å². The fraction of sp³-hybridized carbons (Fsp3) is 0.474. The van der Waals surface area contributed by atoms with Crippen LogP contribution in [0.25, 0.3) is 28.4 Å². The number of halogens is 2. The number of hydrogen-bond donors (Lipinski definition) is 3. The van der Waals surface area contributed by atoms with E-state index in [0.717, 1.165) is 5.56 Å². The first-order valence-corrected chi connectivity index (χ1v) is 19.7. The van der Waals surface area contributed by atoms with Crippen LogP contribution in [0.4, 0.5) is 13.6 Å². The summed E-state index contributed by atoms with van der Waals surface area (Å²) in [5.41, 5.74) is -0.161. The maximum atomic E-state index is 14.5. The lowest BCUT2D eigenvalue weighted by Gasteiger charge is -2.35. The minimum Gasteiger partial charge on any atom is -0.471 e. The molecule has 2 aliphatic carbocycles. The number of cyclic esters (lactones) is 1. The van der Waals surface area contributed by atoms with Gasteiger partial charge >= 0.3 is 6.09 Å². The third-order valence-electron chi connectivity index (χ3n) is 10.3. The molecule has 3 fully saturated rings. The SMILES string of the molecule is CC(C)(C)[C@@H]1NC(=O)OCC/C=C/c2ccc3nc(-c4ccccc4)c(nc3c2)O[C@@H]2C[C@@H](C(=O)N[C@@]3(C(=O)NS(=O)(=O)C4CC4)C[C@H]3C(F)F)N(C2)C1=O. The molecule has 0 radical (unpaired) electrons. The summed E-state index contributed by atoms with van der Waals surface area (Å²) in [6.07, 6.45) is -0.821.